The maximum Gasteiger partial charge on any atom is 0.416 e. The van der Waals surface area contributed by atoms with Gasteiger partial charge in [-0.25, -0.2) is 4.39 Å². The Morgan fingerprint density at radius 2 is 1.52 bits per heavy atom. The normalized spacial score (nSPS) is 11.0. The van der Waals surface area contributed by atoms with E-state index < -0.39 is 29.4 Å². The monoisotopic (exact) mass is 431 g/mol. The molecule has 3 aromatic rings. The summed E-state index contributed by atoms with van der Waals surface area (Å²) >= 11 is 0. The van der Waals surface area contributed by atoms with Crippen LogP contribution in [0.5, 0.6) is 0 Å². The number of carbonyl (C=O) groups is 2. The molecule has 160 valence electrons. The largest absolute Gasteiger partial charge is 0.416 e. The second-order valence-electron chi connectivity index (χ2n) is 6.50. The Bertz CT molecular complexity index is 1100. The average molecular weight is 431 g/mol. The van der Waals surface area contributed by atoms with E-state index in [9.17, 15) is 27.2 Å². The first kappa shape index (κ1) is 21.8. The van der Waals surface area contributed by atoms with Gasteiger partial charge in [-0.15, -0.1) is 0 Å². The zero-order chi connectivity index (χ0) is 22.4. The third-order valence-electron chi connectivity index (χ3n) is 4.17. The summed E-state index contributed by atoms with van der Waals surface area (Å²) in [5.74, 6) is -1.67. The average Bonchev–Trinajstić information content (AvgIpc) is 2.74. The lowest BCUT2D eigenvalue weighted by Crippen LogP contribution is -2.22. The van der Waals surface area contributed by atoms with E-state index >= 15 is 0 Å². The molecule has 9 heteroatoms. The molecule has 0 bridgehead atoms. The van der Waals surface area contributed by atoms with Crippen LogP contribution in [0.15, 0.2) is 72.8 Å². The summed E-state index contributed by atoms with van der Waals surface area (Å²) < 4.78 is 52.0. The molecule has 5 nitrogen and oxygen atoms in total. The van der Waals surface area contributed by atoms with Gasteiger partial charge >= 0.3 is 6.18 Å². The highest BCUT2D eigenvalue weighted by Crippen LogP contribution is 2.30. The fraction of sp³-hybridized carbons (Fsp3) is 0.0909. The fourth-order valence-electron chi connectivity index (χ4n) is 2.69. The first-order chi connectivity index (χ1) is 14.7. The van der Waals surface area contributed by atoms with E-state index in [2.05, 4.69) is 16.0 Å². The molecule has 0 heterocycles. The zero-order valence-corrected chi connectivity index (χ0v) is 16.0. The highest BCUT2D eigenvalue weighted by atomic mass is 19.4. The van der Waals surface area contributed by atoms with Crippen molar-refractivity contribution in [3.63, 3.8) is 0 Å². The molecule has 3 rings (SSSR count). The highest BCUT2D eigenvalue weighted by molar-refractivity contribution is 6.05. The molecule has 0 unspecified atom stereocenters. The first-order valence-electron chi connectivity index (χ1n) is 9.09. The lowest BCUT2D eigenvalue weighted by atomic mass is 10.1. The molecule has 0 aliphatic heterocycles. The lowest BCUT2D eigenvalue weighted by molar-refractivity contribution is -0.137. The van der Waals surface area contributed by atoms with Crippen molar-refractivity contribution in [2.45, 2.75) is 6.18 Å². The molecule has 0 spiro atoms. The third kappa shape index (κ3) is 6.05. The highest BCUT2D eigenvalue weighted by Gasteiger charge is 2.30. The van der Waals surface area contributed by atoms with Crippen molar-refractivity contribution in [3.8, 4) is 0 Å². The van der Waals surface area contributed by atoms with E-state index in [0.29, 0.717) is 5.69 Å². The number of rotatable bonds is 6. The van der Waals surface area contributed by atoms with Crippen LogP contribution in [0, 0.1) is 5.82 Å². The van der Waals surface area contributed by atoms with Crippen molar-refractivity contribution in [1.29, 1.82) is 0 Å². The summed E-state index contributed by atoms with van der Waals surface area (Å²) in [6.45, 7) is -0.187. The molecule has 0 aliphatic rings. The molecule has 0 aromatic heterocycles. The van der Waals surface area contributed by atoms with Crippen LogP contribution in [-0.2, 0) is 11.0 Å². The molecule has 0 atom stereocenters. The number of nitrogens with one attached hydrogen (secondary N) is 3. The lowest BCUT2D eigenvalue weighted by Gasteiger charge is -2.11. The number of carbonyl (C=O) groups excluding carboxylic acids is 2. The quantitative estimate of drug-likeness (QED) is 0.473. The Kier molecular flexibility index (Phi) is 6.54. The summed E-state index contributed by atoms with van der Waals surface area (Å²) in [4.78, 5) is 24.4. The zero-order valence-electron chi connectivity index (χ0n) is 16.0. The molecular formula is C22H17F4N3O2. The third-order valence-corrected chi connectivity index (χ3v) is 4.17. The van der Waals surface area contributed by atoms with Crippen LogP contribution in [0.25, 0.3) is 0 Å². The topological polar surface area (TPSA) is 70.2 Å². The van der Waals surface area contributed by atoms with Crippen LogP contribution in [0.4, 0.5) is 34.6 Å². The van der Waals surface area contributed by atoms with Crippen LogP contribution in [0.2, 0.25) is 0 Å². The molecule has 3 aromatic carbocycles. The summed E-state index contributed by atoms with van der Waals surface area (Å²) in [6, 6.07) is 16.1. The predicted molar refractivity (Wildman–Crippen MR) is 109 cm³/mol. The molecule has 0 saturated heterocycles. The second kappa shape index (κ2) is 9.29. The van der Waals surface area contributed by atoms with Crippen molar-refractivity contribution < 1.29 is 27.2 Å². The van der Waals surface area contributed by atoms with Crippen LogP contribution in [0.1, 0.15) is 15.9 Å². The molecule has 0 radical (unpaired) electrons. The van der Waals surface area contributed by atoms with E-state index in [1.807, 2.05) is 0 Å². The number of amides is 2. The second-order valence-corrected chi connectivity index (χ2v) is 6.50. The minimum atomic E-state index is -4.52. The van der Waals surface area contributed by atoms with E-state index in [1.165, 1.54) is 42.5 Å². The number of anilines is 3. The number of hydrogen-bond acceptors (Lipinski definition) is 3. The molecule has 0 aliphatic carbocycles. The maximum absolute atomic E-state index is 13.6. The van der Waals surface area contributed by atoms with Crippen LogP contribution in [-0.4, -0.2) is 18.4 Å². The van der Waals surface area contributed by atoms with Crippen LogP contribution < -0.4 is 16.0 Å². The minimum Gasteiger partial charge on any atom is -0.376 e. The number of alkyl halides is 3. The van der Waals surface area contributed by atoms with Crippen molar-refractivity contribution in [2.24, 2.45) is 0 Å². The molecule has 31 heavy (non-hydrogen) atoms. The Morgan fingerprint density at radius 3 is 2.26 bits per heavy atom. The summed E-state index contributed by atoms with van der Waals surface area (Å²) in [5.41, 5.74) is -0.218. The molecule has 0 saturated carbocycles. The Balaban J connectivity index is 1.61. The van der Waals surface area contributed by atoms with Crippen molar-refractivity contribution in [2.75, 3.05) is 22.5 Å². The minimum absolute atomic E-state index is 0.00227. The first-order valence-corrected chi connectivity index (χ1v) is 9.09. The Morgan fingerprint density at radius 1 is 0.806 bits per heavy atom. The number of halogens is 4. The number of para-hydroxylation sites is 1. The van der Waals surface area contributed by atoms with Crippen molar-refractivity contribution in [1.82, 2.24) is 0 Å². The van der Waals surface area contributed by atoms with Crippen LogP contribution in [0.3, 0.4) is 0 Å². The summed E-state index contributed by atoms with van der Waals surface area (Å²) in [5, 5.41) is 7.64. The van der Waals surface area contributed by atoms with E-state index in [1.54, 1.807) is 18.2 Å². The Labute approximate surface area is 175 Å². The van der Waals surface area contributed by atoms with Gasteiger partial charge in [0.05, 0.1) is 17.8 Å². The van der Waals surface area contributed by atoms with Gasteiger partial charge in [-0.05, 0) is 48.5 Å². The van der Waals surface area contributed by atoms with Gasteiger partial charge in [0.25, 0.3) is 5.91 Å². The molecule has 3 N–H and O–H groups in total. The molecule has 2 amide bonds. The predicted octanol–water partition coefficient (Wildman–Crippen LogP) is 5.15. The number of hydrogen-bond donors (Lipinski definition) is 3. The van der Waals surface area contributed by atoms with Gasteiger partial charge < -0.3 is 16.0 Å². The summed E-state index contributed by atoms with van der Waals surface area (Å²) in [6.07, 6.45) is -4.52. The number of benzene rings is 3. The van der Waals surface area contributed by atoms with Crippen LogP contribution >= 0.6 is 0 Å². The van der Waals surface area contributed by atoms with Crippen molar-refractivity contribution in [3.05, 3.63) is 89.7 Å². The standard InChI is InChI=1S/C22H17F4N3O2/c23-18-9-1-2-10-19(18)29-20(30)13-27-16-7-3-5-14(11-16)21(31)28-17-8-4-6-15(12-17)22(24,25)26/h1-12,27H,13H2,(H,28,31)(H,29,30). The smallest absolute Gasteiger partial charge is 0.376 e. The van der Waals surface area contributed by atoms with Gasteiger partial charge in [-0.1, -0.05) is 24.3 Å². The van der Waals surface area contributed by atoms with Gasteiger partial charge in [0.2, 0.25) is 5.91 Å². The van der Waals surface area contributed by atoms with Gasteiger partial charge in [0.1, 0.15) is 5.82 Å². The SMILES string of the molecule is O=C(CNc1cccc(C(=O)Nc2cccc(C(F)(F)F)c2)c1)Nc1ccccc1F. The van der Waals surface area contributed by atoms with Gasteiger partial charge in [-0.2, -0.15) is 13.2 Å². The van der Waals surface area contributed by atoms with Crippen molar-refractivity contribution >= 4 is 28.9 Å². The van der Waals surface area contributed by atoms with Gasteiger partial charge in [0.15, 0.2) is 0 Å². The van der Waals surface area contributed by atoms with Gasteiger partial charge in [0, 0.05) is 16.9 Å². The molecule has 0 fully saturated rings. The van der Waals surface area contributed by atoms with E-state index in [-0.39, 0.29) is 23.5 Å². The maximum atomic E-state index is 13.6. The fourth-order valence-corrected chi connectivity index (χ4v) is 2.69. The molecular weight excluding hydrogens is 414 g/mol. The van der Waals surface area contributed by atoms with Gasteiger partial charge in [-0.3, -0.25) is 9.59 Å². The Hall–Kier alpha value is -3.88. The van der Waals surface area contributed by atoms with E-state index in [4.69, 9.17) is 0 Å². The van der Waals surface area contributed by atoms with E-state index in [0.717, 1.165) is 12.1 Å². The summed E-state index contributed by atoms with van der Waals surface area (Å²) in [7, 11) is 0.